The van der Waals surface area contributed by atoms with Crippen LogP contribution in [0.1, 0.15) is 40.2 Å². The third kappa shape index (κ3) is 5.22. The monoisotopic (exact) mass is 394 g/mol. The highest BCUT2D eigenvalue weighted by molar-refractivity contribution is 5.94. The van der Waals surface area contributed by atoms with Crippen LogP contribution in [-0.2, 0) is 9.59 Å². The number of amides is 2. The number of piperidine rings is 1. The van der Waals surface area contributed by atoms with E-state index in [0.29, 0.717) is 30.6 Å². The van der Waals surface area contributed by atoms with Gasteiger partial charge in [-0.05, 0) is 37.5 Å². The predicted octanol–water partition coefficient (Wildman–Crippen LogP) is 2.83. The number of aryl methyl sites for hydroxylation is 1. The van der Waals surface area contributed by atoms with Crippen LogP contribution < -0.4 is 5.32 Å². The van der Waals surface area contributed by atoms with Crippen molar-refractivity contribution in [2.75, 3.05) is 19.6 Å². The number of hydrogen-bond donors (Lipinski definition) is 2. The lowest BCUT2D eigenvalue weighted by molar-refractivity contribution is -0.138. The van der Waals surface area contributed by atoms with E-state index < -0.39 is 11.9 Å². The van der Waals surface area contributed by atoms with Gasteiger partial charge in [0.2, 0.25) is 5.91 Å². The number of carbonyl (C=O) groups is 3. The zero-order valence-electron chi connectivity index (χ0n) is 16.5. The van der Waals surface area contributed by atoms with Crippen LogP contribution in [0.25, 0.3) is 0 Å². The number of nitrogens with zero attached hydrogens (tertiary/aromatic N) is 1. The summed E-state index contributed by atoms with van der Waals surface area (Å²) >= 11 is 0. The Hall–Kier alpha value is -3.15. The van der Waals surface area contributed by atoms with Gasteiger partial charge in [-0.3, -0.25) is 14.4 Å². The van der Waals surface area contributed by atoms with Gasteiger partial charge >= 0.3 is 5.97 Å². The number of rotatable bonds is 6. The summed E-state index contributed by atoms with van der Waals surface area (Å²) in [5.41, 5.74) is 2.36. The summed E-state index contributed by atoms with van der Waals surface area (Å²) in [4.78, 5) is 38.7. The van der Waals surface area contributed by atoms with Crippen molar-refractivity contribution in [2.24, 2.45) is 5.92 Å². The van der Waals surface area contributed by atoms with Crippen molar-refractivity contribution >= 4 is 17.8 Å². The van der Waals surface area contributed by atoms with Crippen LogP contribution in [0.4, 0.5) is 0 Å². The van der Waals surface area contributed by atoms with Gasteiger partial charge in [-0.15, -0.1) is 0 Å². The SMILES string of the molecule is Cc1ccc(C(=O)N2CCCC(C(=O)NCC(C(=O)O)c3ccccc3)C2)cc1. The van der Waals surface area contributed by atoms with E-state index in [1.165, 1.54) is 0 Å². The summed E-state index contributed by atoms with van der Waals surface area (Å²) in [6, 6.07) is 16.3. The highest BCUT2D eigenvalue weighted by Gasteiger charge is 2.30. The zero-order chi connectivity index (χ0) is 20.8. The molecule has 0 aliphatic carbocycles. The fourth-order valence-corrected chi connectivity index (χ4v) is 3.63. The van der Waals surface area contributed by atoms with Gasteiger partial charge in [0, 0.05) is 25.2 Å². The zero-order valence-corrected chi connectivity index (χ0v) is 16.5. The van der Waals surface area contributed by atoms with Crippen molar-refractivity contribution in [2.45, 2.75) is 25.7 Å². The minimum absolute atomic E-state index is 0.0284. The van der Waals surface area contributed by atoms with E-state index in [1.54, 1.807) is 41.3 Å². The highest BCUT2D eigenvalue weighted by Crippen LogP contribution is 2.20. The van der Waals surface area contributed by atoms with E-state index in [4.69, 9.17) is 0 Å². The second kappa shape index (κ2) is 9.37. The average Bonchev–Trinajstić information content (AvgIpc) is 2.74. The summed E-state index contributed by atoms with van der Waals surface area (Å²) in [6.45, 7) is 2.97. The molecule has 2 aromatic rings. The normalized spacial score (nSPS) is 17.4. The molecular formula is C23H26N2O4. The number of carboxylic acid groups (broad SMARTS) is 1. The van der Waals surface area contributed by atoms with E-state index in [0.717, 1.165) is 12.0 Å². The Bertz CT molecular complexity index is 864. The predicted molar refractivity (Wildman–Crippen MR) is 110 cm³/mol. The first kappa shape index (κ1) is 20.6. The number of nitrogens with one attached hydrogen (secondary N) is 1. The van der Waals surface area contributed by atoms with Crippen LogP contribution in [0.15, 0.2) is 54.6 Å². The minimum atomic E-state index is -0.976. The maximum Gasteiger partial charge on any atom is 0.312 e. The quantitative estimate of drug-likeness (QED) is 0.789. The van der Waals surface area contributed by atoms with Gasteiger partial charge in [0.1, 0.15) is 0 Å². The molecule has 6 nitrogen and oxygen atoms in total. The van der Waals surface area contributed by atoms with Crippen LogP contribution in [0.5, 0.6) is 0 Å². The number of benzene rings is 2. The van der Waals surface area contributed by atoms with Crippen molar-refractivity contribution in [3.63, 3.8) is 0 Å². The molecule has 0 radical (unpaired) electrons. The second-order valence-electron chi connectivity index (χ2n) is 7.50. The maximum atomic E-state index is 12.7. The lowest BCUT2D eigenvalue weighted by Gasteiger charge is -2.32. The molecule has 2 unspecified atom stereocenters. The smallest absolute Gasteiger partial charge is 0.312 e. The molecule has 0 aromatic heterocycles. The van der Waals surface area contributed by atoms with Crippen molar-refractivity contribution in [3.05, 3.63) is 71.3 Å². The van der Waals surface area contributed by atoms with Gasteiger partial charge in [-0.1, -0.05) is 48.0 Å². The van der Waals surface area contributed by atoms with Crippen LogP contribution in [-0.4, -0.2) is 47.4 Å². The summed E-state index contributed by atoms with van der Waals surface area (Å²) in [5.74, 6) is -2.38. The standard InChI is InChI=1S/C23H26N2O4/c1-16-9-11-18(12-10-16)22(27)25-13-5-8-19(15-25)21(26)24-14-20(23(28)29)17-6-3-2-4-7-17/h2-4,6-7,9-12,19-20H,5,8,13-15H2,1H3,(H,24,26)(H,28,29). The van der Waals surface area contributed by atoms with Gasteiger partial charge in [-0.25, -0.2) is 0 Å². The van der Waals surface area contributed by atoms with E-state index in [-0.39, 0.29) is 24.3 Å². The number of aliphatic carboxylic acids is 1. The molecule has 2 aromatic carbocycles. The third-order valence-corrected chi connectivity index (χ3v) is 5.36. The molecule has 1 aliphatic rings. The highest BCUT2D eigenvalue weighted by atomic mass is 16.4. The molecule has 2 atom stereocenters. The van der Waals surface area contributed by atoms with Crippen LogP contribution in [0.3, 0.4) is 0 Å². The molecule has 3 rings (SSSR count). The number of likely N-dealkylation sites (tertiary alicyclic amines) is 1. The second-order valence-corrected chi connectivity index (χ2v) is 7.50. The fraction of sp³-hybridized carbons (Fsp3) is 0.348. The molecule has 0 spiro atoms. The van der Waals surface area contributed by atoms with E-state index in [9.17, 15) is 19.5 Å². The van der Waals surface area contributed by atoms with Crippen molar-refractivity contribution in [3.8, 4) is 0 Å². The number of carbonyl (C=O) groups excluding carboxylic acids is 2. The topological polar surface area (TPSA) is 86.7 Å². The van der Waals surface area contributed by atoms with Crippen LogP contribution in [0, 0.1) is 12.8 Å². The molecule has 29 heavy (non-hydrogen) atoms. The average molecular weight is 394 g/mol. The summed E-state index contributed by atoms with van der Waals surface area (Å²) in [6.07, 6.45) is 1.43. The van der Waals surface area contributed by atoms with Crippen molar-refractivity contribution in [1.29, 1.82) is 0 Å². The Morgan fingerprint density at radius 2 is 1.79 bits per heavy atom. The third-order valence-electron chi connectivity index (χ3n) is 5.36. The summed E-state index contributed by atoms with van der Waals surface area (Å²) in [5, 5.41) is 12.3. The van der Waals surface area contributed by atoms with Crippen molar-refractivity contribution < 1.29 is 19.5 Å². The molecular weight excluding hydrogens is 368 g/mol. The molecule has 1 fully saturated rings. The van der Waals surface area contributed by atoms with Gasteiger partial charge in [-0.2, -0.15) is 0 Å². The Kier molecular flexibility index (Phi) is 6.65. The first-order valence-electron chi connectivity index (χ1n) is 9.87. The first-order valence-corrected chi connectivity index (χ1v) is 9.87. The Labute approximate surface area is 170 Å². The minimum Gasteiger partial charge on any atom is -0.481 e. The lowest BCUT2D eigenvalue weighted by Crippen LogP contribution is -2.46. The van der Waals surface area contributed by atoms with Gasteiger partial charge in [0.15, 0.2) is 0 Å². The van der Waals surface area contributed by atoms with Gasteiger partial charge in [0.25, 0.3) is 5.91 Å². The number of hydrogen-bond acceptors (Lipinski definition) is 3. The van der Waals surface area contributed by atoms with E-state index in [1.807, 2.05) is 25.1 Å². The molecule has 2 amide bonds. The van der Waals surface area contributed by atoms with Crippen LogP contribution >= 0.6 is 0 Å². The molecule has 152 valence electrons. The Balaban J connectivity index is 1.59. The summed E-state index contributed by atoms with van der Waals surface area (Å²) < 4.78 is 0. The van der Waals surface area contributed by atoms with Crippen LogP contribution in [0.2, 0.25) is 0 Å². The first-order chi connectivity index (χ1) is 14.0. The Morgan fingerprint density at radius 1 is 1.10 bits per heavy atom. The molecule has 0 saturated carbocycles. The molecule has 2 N–H and O–H groups in total. The fourth-order valence-electron chi connectivity index (χ4n) is 3.63. The molecule has 1 heterocycles. The Morgan fingerprint density at radius 3 is 2.45 bits per heavy atom. The van der Waals surface area contributed by atoms with Crippen molar-refractivity contribution in [1.82, 2.24) is 10.2 Å². The van der Waals surface area contributed by atoms with E-state index >= 15 is 0 Å². The summed E-state index contributed by atoms with van der Waals surface area (Å²) in [7, 11) is 0. The molecule has 1 saturated heterocycles. The lowest BCUT2D eigenvalue weighted by atomic mass is 9.95. The molecule has 6 heteroatoms. The van der Waals surface area contributed by atoms with Gasteiger partial charge < -0.3 is 15.3 Å². The molecule has 1 aliphatic heterocycles. The number of carboxylic acids is 1. The van der Waals surface area contributed by atoms with E-state index in [2.05, 4.69) is 5.32 Å². The maximum absolute atomic E-state index is 12.7. The molecule has 0 bridgehead atoms. The van der Waals surface area contributed by atoms with Gasteiger partial charge in [0.05, 0.1) is 11.8 Å². The largest absolute Gasteiger partial charge is 0.481 e.